The normalized spacial score (nSPS) is 10.2. The van der Waals surface area contributed by atoms with Gasteiger partial charge in [-0.25, -0.2) is 0 Å². The van der Waals surface area contributed by atoms with Crippen molar-refractivity contribution in [2.75, 3.05) is 18.2 Å². The molecule has 0 heterocycles. The number of rotatable bonds is 3. The van der Waals surface area contributed by atoms with Crippen molar-refractivity contribution in [2.45, 2.75) is 6.92 Å². The van der Waals surface area contributed by atoms with Crippen LogP contribution in [-0.2, 0) is 0 Å². The Morgan fingerprint density at radius 2 is 1.94 bits per heavy atom. The van der Waals surface area contributed by atoms with Crippen LogP contribution in [0.2, 0.25) is 5.02 Å². The quantitative estimate of drug-likeness (QED) is 0.823. The fourth-order valence-corrected chi connectivity index (χ4v) is 1.88. The molecule has 0 fully saturated rings. The summed E-state index contributed by atoms with van der Waals surface area (Å²) in [4.78, 5) is 0. The third kappa shape index (κ3) is 2.68. The minimum Gasteiger partial charge on any atom is -0.495 e. The summed E-state index contributed by atoms with van der Waals surface area (Å²) in [6, 6.07) is 11.4. The Morgan fingerprint density at radius 3 is 2.61 bits per heavy atom. The van der Waals surface area contributed by atoms with Gasteiger partial charge in [0.1, 0.15) is 5.75 Å². The maximum atomic E-state index is 5.97. The van der Waals surface area contributed by atoms with Crippen molar-refractivity contribution in [3.8, 4) is 5.75 Å². The number of nitrogens with one attached hydrogen (secondary N) is 1. The van der Waals surface area contributed by atoms with Gasteiger partial charge in [0.25, 0.3) is 0 Å². The maximum Gasteiger partial charge on any atom is 0.139 e. The standard InChI is InChI=1S/C14H15ClN2O/c1-9-3-6-13(12(16)7-9)17-10-4-5-11(15)14(8-10)18-2/h3-8,17H,16H2,1-2H3. The Labute approximate surface area is 112 Å². The van der Waals surface area contributed by atoms with Crippen molar-refractivity contribution >= 4 is 28.7 Å². The molecule has 3 nitrogen and oxygen atoms in total. The number of nitrogen functional groups attached to an aromatic ring is 1. The molecule has 4 heteroatoms. The van der Waals surface area contributed by atoms with Gasteiger partial charge in [-0.1, -0.05) is 17.7 Å². The van der Waals surface area contributed by atoms with E-state index in [2.05, 4.69) is 5.32 Å². The molecular weight excluding hydrogens is 248 g/mol. The predicted octanol–water partition coefficient (Wildman–Crippen LogP) is 3.98. The van der Waals surface area contributed by atoms with Crippen molar-refractivity contribution in [1.29, 1.82) is 0 Å². The maximum absolute atomic E-state index is 5.97. The van der Waals surface area contributed by atoms with Crippen molar-refractivity contribution in [2.24, 2.45) is 0 Å². The monoisotopic (exact) mass is 262 g/mol. The molecule has 0 amide bonds. The zero-order chi connectivity index (χ0) is 13.1. The van der Waals surface area contributed by atoms with Gasteiger partial charge in [0.15, 0.2) is 0 Å². The lowest BCUT2D eigenvalue weighted by Crippen LogP contribution is -1.97. The molecule has 0 aromatic heterocycles. The van der Waals surface area contributed by atoms with Gasteiger partial charge >= 0.3 is 0 Å². The van der Waals surface area contributed by atoms with Gasteiger partial charge in [0.2, 0.25) is 0 Å². The van der Waals surface area contributed by atoms with E-state index in [-0.39, 0.29) is 0 Å². The zero-order valence-electron chi connectivity index (χ0n) is 10.3. The molecule has 0 unspecified atom stereocenters. The summed E-state index contributed by atoms with van der Waals surface area (Å²) in [5.74, 6) is 0.632. The minimum atomic E-state index is 0.583. The smallest absolute Gasteiger partial charge is 0.139 e. The second kappa shape index (κ2) is 5.19. The second-order valence-electron chi connectivity index (χ2n) is 4.07. The average molecular weight is 263 g/mol. The lowest BCUT2D eigenvalue weighted by molar-refractivity contribution is 0.415. The van der Waals surface area contributed by atoms with Gasteiger partial charge in [-0.15, -0.1) is 0 Å². The number of halogens is 1. The molecule has 0 radical (unpaired) electrons. The Hall–Kier alpha value is -1.87. The Bertz CT molecular complexity index is 570. The number of benzene rings is 2. The summed E-state index contributed by atoms with van der Waals surface area (Å²) in [5, 5.41) is 3.82. The van der Waals surface area contributed by atoms with Crippen LogP contribution in [0.15, 0.2) is 36.4 Å². The van der Waals surface area contributed by atoms with E-state index in [1.54, 1.807) is 13.2 Å². The van der Waals surface area contributed by atoms with Gasteiger partial charge in [0, 0.05) is 11.8 Å². The lowest BCUT2D eigenvalue weighted by Gasteiger charge is -2.11. The molecule has 0 aliphatic heterocycles. The second-order valence-corrected chi connectivity index (χ2v) is 4.47. The van der Waals surface area contributed by atoms with Crippen LogP contribution in [0.5, 0.6) is 5.75 Å². The molecule has 0 saturated heterocycles. The number of hydrogen-bond donors (Lipinski definition) is 2. The van der Waals surface area contributed by atoms with Gasteiger partial charge in [-0.05, 0) is 36.8 Å². The number of hydrogen-bond acceptors (Lipinski definition) is 3. The lowest BCUT2D eigenvalue weighted by atomic mass is 10.2. The van der Waals surface area contributed by atoms with Crippen LogP contribution < -0.4 is 15.8 Å². The summed E-state index contributed by atoms with van der Waals surface area (Å²) in [7, 11) is 1.59. The van der Waals surface area contributed by atoms with Gasteiger partial charge in [-0.3, -0.25) is 0 Å². The van der Waals surface area contributed by atoms with Gasteiger partial charge in [-0.2, -0.15) is 0 Å². The highest BCUT2D eigenvalue weighted by molar-refractivity contribution is 6.32. The Kier molecular flexibility index (Phi) is 3.63. The molecule has 0 spiro atoms. The molecule has 3 N–H and O–H groups in total. The molecule has 0 saturated carbocycles. The highest BCUT2D eigenvalue weighted by Crippen LogP contribution is 2.30. The molecule has 94 valence electrons. The first-order chi connectivity index (χ1) is 8.60. The Balaban J connectivity index is 2.28. The van der Waals surface area contributed by atoms with E-state index in [9.17, 15) is 0 Å². The van der Waals surface area contributed by atoms with Crippen LogP contribution in [-0.4, -0.2) is 7.11 Å². The van der Waals surface area contributed by atoms with Crippen LogP contribution in [0.25, 0.3) is 0 Å². The first kappa shape index (κ1) is 12.6. The minimum absolute atomic E-state index is 0.583. The van der Waals surface area contributed by atoms with Crippen molar-refractivity contribution in [1.82, 2.24) is 0 Å². The average Bonchev–Trinajstić information content (AvgIpc) is 2.35. The van der Waals surface area contributed by atoms with E-state index in [1.807, 2.05) is 37.3 Å². The first-order valence-corrected chi connectivity index (χ1v) is 5.94. The number of nitrogens with two attached hydrogens (primary N) is 1. The molecule has 0 aliphatic carbocycles. The SMILES string of the molecule is COc1cc(Nc2ccc(C)cc2N)ccc1Cl. The van der Waals surface area contributed by atoms with Crippen LogP contribution >= 0.6 is 11.6 Å². The van der Waals surface area contributed by atoms with E-state index >= 15 is 0 Å². The molecule has 18 heavy (non-hydrogen) atoms. The van der Waals surface area contributed by atoms with E-state index in [4.69, 9.17) is 22.1 Å². The molecule has 0 bridgehead atoms. The molecular formula is C14H15ClN2O. The number of anilines is 3. The number of aryl methyl sites for hydroxylation is 1. The van der Waals surface area contributed by atoms with Crippen LogP contribution in [0.3, 0.4) is 0 Å². The number of methoxy groups -OCH3 is 1. The molecule has 0 atom stereocenters. The van der Waals surface area contributed by atoms with Crippen LogP contribution in [0, 0.1) is 6.92 Å². The zero-order valence-corrected chi connectivity index (χ0v) is 11.1. The molecule has 2 rings (SSSR count). The molecule has 2 aromatic carbocycles. The summed E-state index contributed by atoms with van der Waals surface area (Å²) < 4.78 is 5.17. The number of ether oxygens (including phenoxy) is 1. The van der Waals surface area contributed by atoms with Crippen molar-refractivity contribution < 1.29 is 4.74 Å². The largest absolute Gasteiger partial charge is 0.495 e. The van der Waals surface area contributed by atoms with Crippen molar-refractivity contribution in [3.05, 3.63) is 47.0 Å². The Morgan fingerprint density at radius 1 is 1.17 bits per heavy atom. The summed E-state index contributed by atoms with van der Waals surface area (Å²) in [6.07, 6.45) is 0. The van der Waals surface area contributed by atoms with Crippen molar-refractivity contribution in [3.63, 3.8) is 0 Å². The van der Waals surface area contributed by atoms with Crippen LogP contribution in [0.4, 0.5) is 17.1 Å². The van der Waals surface area contributed by atoms with E-state index in [0.717, 1.165) is 16.9 Å². The predicted molar refractivity (Wildman–Crippen MR) is 76.9 cm³/mol. The van der Waals surface area contributed by atoms with Crippen LogP contribution in [0.1, 0.15) is 5.56 Å². The first-order valence-electron chi connectivity index (χ1n) is 5.57. The summed E-state index contributed by atoms with van der Waals surface area (Å²) in [6.45, 7) is 2.01. The highest BCUT2D eigenvalue weighted by Gasteiger charge is 2.04. The van der Waals surface area contributed by atoms with Gasteiger partial charge < -0.3 is 15.8 Å². The summed E-state index contributed by atoms with van der Waals surface area (Å²) >= 11 is 5.97. The van der Waals surface area contributed by atoms with E-state index < -0.39 is 0 Å². The van der Waals surface area contributed by atoms with E-state index in [1.165, 1.54) is 0 Å². The fraction of sp³-hybridized carbons (Fsp3) is 0.143. The third-order valence-electron chi connectivity index (χ3n) is 2.64. The fourth-order valence-electron chi connectivity index (χ4n) is 1.69. The third-order valence-corrected chi connectivity index (χ3v) is 2.95. The highest BCUT2D eigenvalue weighted by atomic mass is 35.5. The topological polar surface area (TPSA) is 47.3 Å². The molecule has 2 aromatic rings. The molecule has 0 aliphatic rings. The summed E-state index contributed by atoms with van der Waals surface area (Å²) in [5.41, 5.74) is 9.54. The van der Waals surface area contributed by atoms with E-state index in [0.29, 0.717) is 16.5 Å². The van der Waals surface area contributed by atoms with Gasteiger partial charge in [0.05, 0.1) is 23.5 Å².